The number of hydrogen-bond acceptors (Lipinski definition) is 6. The van der Waals surface area contributed by atoms with Gasteiger partial charge in [-0.25, -0.2) is 14.5 Å². The molecule has 0 aliphatic rings. The number of amides is 2. The van der Waals surface area contributed by atoms with Crippen LogP contribution in [0.5, 0.6) is 0 Å². The van der Waals surface area contributed by atoms with Crippen LogP contribution < -0.4 is 0 Å². The molecule has 0 aliphatic carbocycles. The Morgan fingerprint density at radius 2 is 1.36 bits per heavy atom. The molecule has 0 saturated heterocycles. The number of aliphatic hydroxyl groups excluding tert-OH is 1. The fourth-order valence-corrected chi connectivity index (χ4v) is 1.38. The number of ether oxygens (including phenoxy) is 3. The molecule has 7 heteroatoms. The van der Waals surface area contributed by atoms with Crippen LogP contribution in [-0.4, -0.2) is 59.8 Å². The van der Waals surface area contributed by atoms with Gasteiger partial charge in [-0.05, 0) is 48.0 Å². The van der Waals surface area contributed by atoms with Crippen molar-refractivity contribution in [3.05, 3.63) is 0 Å². The number of nitrogens with zero attached hydrogens (tertiary/aromatic N) is 1. The van der Waals surface area contributed by atoms with E-state index in [4.69, 9.17) is 19.3 Å². The molecule has 0 bridgehead atoms. The summed E-state index contributed by atoms with van der Waals surface area (Å²) in [6.45, 7) is 10.9. The number of carbonyl (C=O) groups is 2. The molecule has 2 amide bonds. The molecule has 130 valence electrons. The third-order valence-electron chi connectivity index (χ3n) is 2.13. The average Bonchev–Trinajstić information content (AvgIpc) is 2.28. The van der Waals surface area contributed by atoms with Gasteiger partial charge in [0.05, 0.1) is 13.2 Å². The molecule has 0 rings (SSSR count). The second-order valence-corrected chi connectivity index (χ2v) is 6.80. The zero-order valence-corrected chi connectivity index (χ0v) is 14.5. The van der Waals surface area contributed by atoms with Gasteiger partial charge in [0.25, 0.3) is 0 Å². The molecule has 0 fully saturated rings. The lowest BCUT2D eigenvalue weighted by atomic mass is 10.2. The molecule has 0 aromatic carbocycles. The topological polar surface area (TPSA) is 85.3 Å². The zero-order valence-electron chi connectivity index (χ0n) is 14.5. The van der Waals surface area contributed by atoms with Crippen LogP contribution in [0, 0.1) is 0 Å². The van der Waals surface area contributed by atoms with Gasteiger partial charge in [-0.2, -0.15) is 0 Å². The summed E-state index contributed by atoms with van der Waals surface area (Å²) in [4.78, 5) is 25.2. The van der Waals surface area contributed by atoms with Gasteiger partial charge in [-0.1, -0.05) is 0 Å². The summed E-state index contributed by atoms with van der Waals surface area (Å²) in [5, 5.41) is 8.62. The van der Waals surface area contributed by atoms with E-state index < -0.39 is 23.4 Å². The molecular formula is C15H29NO6. The molecule has 1 N–H and O–H groups in total. The molecule has 22 heavy (non-hydrogen) atoms. The Morgan fingerprint density at radius 1 is 0.909 bits per heavy atom. The van der Waals surface area contributed by atoms with Crippen LogP contribution in [0.4, 0.5) is 9.59 Å². The van der Waals surface area contributed by atoms with Crippen molar-refractivity contribution >= 4 is 12.2 Å². The first-order valence-electron chi connectivity index (χ1n) is 7.38. The Labute approximate surface area is 132 Å². The van der Waals surface area contributed by atoms with Gasteiger partial charge in [0.2, 0.25) is 0 Å². The number of aliphatic hydroxyl groups is 1. The minimum atomic E-state index is -0.746. The smallest absolute Gasteiger partial charge is 0.419 e. The van der Waals surface area contributed by atoms with Crippen LogP contribution in [0.25, 0.3) is 0 Å². The van der Waals surface area contributed by atoms with Crippen molar-refractivity contribution in [1.82, 2.24) is 4.90 Å². The molecule has 0 unspecified atom stereocenters. The van der Waals surface area contributed by atoms with Crippen LogP contribution in [0.1, 0.15) is 48.0 Å². The molecular weight excluding hydrogens is 290 g/mol. The average molecular weight is 319 g/mol. The highest BCUT2D eigenvalue weighted by Gasteiger charge is 2.30. The minimum Gasteiger partial charge on any atom is -0.443 e. The largest absolute Gasteiger partial charge is 0.443 e. The lowest BCUT2D eigenvalue weighted by molar-refractivity contribution is -0.000647. The van der Waals surface area contributed by atoms with Crippen molar-refractivity contribution in [3.8, 4) is 0 Å². The first-order chi connectivity index (χ1) is 9.96. The molecule has 0 spiro atoms. The van der Waals surface area contributed by atoms with Gasteiger partial charge in [0.15, 0.2) is 0 Å². The Morgan fingerprint density at radius 3 is 1.73 bits per heavy atom. The monoisotopic (exact) mass is 319 g/mol. The molecule has 0 heterocycles. The van der Waals surface area contributed by atoms with E-state index in [0.29, 0.717) is 13.0 Å². The highest BCUT2D eigenvalue weighted by Crippen LogP contribution is 2.14. The molecule has 0 atom stereocenters. The van der Waals surface area contributed by atoms with E-state index in [1.165, 1.54) is 0 Å². The second-order valence-electron chi connectivity index (χ2n) is 6.80. The maximum absolute atomic E-state index is 12.1. The molecule has 0 aromatic heterocycles. The van der Waals surface area contributed by atoms with Crippen molar-refractivity contribution in [1.29, 1.82) is 0 Å². The zero-order chi connectivity index (χ0) is 17.4. The SMILES string of the molecule is CC(C)(C)OC(=O)N(CCCOCCO)C(=O)OC(C)(C)C. The first kappa shape index (κ1) is 20.7. The third kappa shape index (κ3) is 10.4. The normalized spacial score (nSPS) is 12.0. The van der Waals surface area contributed by atoms with Crippen LogP contribution in [0.3, 0.4) is 0 Å². The summed E-state index contributed by atoms with van der Waals surface area (Å²) in [7, 11) is 0. The summed E-state index contributed by atoms with van der Waals surface area (Å²) in [5.74, 6) is 0. The summed E-state index contributed by atoms with van der Waals surface area (Å²) in [6.07, 6.45) is -1.06. The van der Waals surface area contributed by atoms with Crippen LogP contribution >= 0.6 is 0 Å². The highest BCUT2D eigenvalue weighted by molar-refractivity contribution is 5.88. The fraction of sp³-hybridized carbons (Fsp3) is 0.867. The van der Waals surface area contributed by atoms with Gasteiger partial charge in [-0.3, -0.25) is 0 Å². The van der Waals surface area contributed by atoms with Crippen molar-refractivity contribution in [2.45, 2.75) is 59.2 Å². The maximum atomic E-state index is 12.1. The lowest BCUT2D eigenvalue weighted by Crippen LogP contribution is -2.44. The van der Waals surface area contributed by atoms with Crippen molar-refractivity contribution in [3.63, 3.8) is 0 Å². The van der Waals surface area contributed by atoms with E-state index in [-0.39, 0.29) is 19.8 Å². The predicted octanol–water partition coefficient (Wildman–Crippen LogP) is 2.56. The second kappa shape index (κ2) is 8.95. The molecule has 0 aliphatic heterocycles. The summed E-state index contributed by atoms with van der Waals surface area (Å²) < 4.78 is 15.6. The van der Waals surface area contributed by atoms with Crippen LogP contribution in [0.15, 0.2) is 0 Å². The highest BCUT2D eigenvalue weighted by atomic mass is 16.6. The summed E-state index contributed by atoms with van der Waals surface area (Å²) >= 11 is 0. The Hall–Kier alpha value is -1.34. The Kier molecular flexibility index (Phi) is 8.40. The van der Waals surface area contributed by atoms with Crippen molar-refractivity contribution in [2.75, 3.05) is 26.4 Å². The van der Waals surface area contributed by atoms with E-state index in [1.54, 1.807) is 41.5 Å². The lowest BCUT2D eigenvalue weighted by Gasteiger charge is -2.28. The number of rotatable bonds is 6. The van der Waals surface area contributed by atoms with Crippen molar-refractivity contribution in [2.24, 2.45) is 0 Å². The quantitative estimate of drug-likeness (QED) is 0.757. The van der Waals surface area contributed by atoms with E-state index in [9.17, 15) is 9.59 Å². The molecule has 0 aromatic rings. The summed E-state index contributed by atoms with van der Waals surface area (Å²) in [6, 6.07) is 0. The van der Waals surface area contributed by atoms with Crippen LogP contribution in [0.2, 0.25) is 0 Å². The minimum absolute atomic E-state index is 0.0676. The maximum Gasteiger partial charge on any atom is 0.419 e. The Bertz CT molecular complexity index is 328. The first-order valence-corrected chi connectivity index (χ1v) is 7.38. The van der Waals surface area contributed by atoms with Crippen molar-refractivity contribution < 1.29 is 28.9 Å². The third-order valence-corrected chi connectivity index (χ3v) is 2.13. The predicted molar refractivity (Wildman–Crippen MR) is 81.7 cm³/mol. The molecule has 0 saturated carbocycles. The fourth-order valence-electron chi connectivity index (χ4n) is 1.38. The van der Waals surface area contributed by atoms with E-state index in [1.807, 2.05) is 0 Å². The van der Waals surface area contributed by atoms with Gasteiger partial charge >= 0.3 is 12.2 Å². The molecule has 0 radical (unpaired) electrons. The molecule has 7 nitrogen and oxygen atoms in total. The summed E-state index contributed by atoms with van der Waals surface area (Å²) in [5.41, 5.74) is -1.41. The van der Waals surface area contributed by atoms with Crippen LogP contribution in [-0.2, 0) is 14.2 Å². The van der Waals surface area contributed by atoms with E-state index in [2.05, 4.69) is 0 Å². The number of hydrogen-bond donors (Lipinski definition) is 1. The van der Waals surface area contributed by atoms with E-state index >= 15 is 0 Å². The Balaban J connectivity index is 4.69. The van der Waals surface area contributed by atoms with Gasteiger partial charge in [0, 0.05) is 13.2 Å². The number of imide groups is 1. The van der Waals surface area contributed by atoms with Gasteiger partial charge in [-0.15, -0.1) is 0 Å². The number of carbonyl (C=O) groups excluding carboxylic acids is 2. The standard InChI is InChI=1S/C15H29NO6/c1-14(2,3)21-12(18)16(8-7-10-20-11-9-17)13(19)22-15(4,5)6/h17H,7-11H2,1-6H3. The van der Waals surface area contributed by atoms with Gasteiger partial charge in [0.1, 0.15) is 11.2 Å². The van der Waals surface area contributed by atoms with E-state index in [0.717, 1.165) is 4.90 Å². The van der Waals surface area contributed by atoms with Gasteiger partial charge < -0.3 is 19.3 Å².